The fraction of sp³-hybridized carbons (Fsp3) is 0.929. The van der Waals surface area contributed by atoms with Gasteiger partial charge in [-0.25, -0.2) is 0 Å². The molecule has 0 unspecified atom stereocenters. The van der Waals surface area contributed by atoms with Gasteiger partial charge in [-0.05, 0) is 38.5 Å². The van der Waals surface area contributed by atoms with E-state index in [2.05, 4.69) is 5.32 Å². The first-order chi connectivity index (χ1) is 9.25. The molecule has 3 nitrogen and oxygen atoms in total. The zero-order chi connectivity index (χ0) is 15.4. The minimum atomic E-state index is -4.09. The summed E-state index contributed by atoms with van der Waals surface area (Å²) in [7, 11) is 0. The van der Waals surface area contributed by atoms with Crippen LogP contribution in [0.25, 0.3) is 0 Å². The van der Waals surface area contributed by atoms with Crippen LogP contribution in [0.1, 0.15) is 52.4 Å². The summed E-state index contributed by atoms with van der Waals surface area (Å²) in [6.07, 6.45) is -1.85. The van der Waals surface area contributed by atoms with Crippen LogP contribution in [0.3, 0.4) is 0 Å². The van der Waals surface area contributed by atoms with Crippen molar-refractivity contribution in [1.82, 2.24) is 5.32 Å². The summed E-state index contributed by atoms with van der Waals surface area (Å²) in [5.41, 5.74) is -0.805. The Kier molecular flexibility index (Phi) is 5.86. The number of nitrogens with one attached hydrogen (secondary N) is 1. The maximum atomic E-state index is 12.6. The van der Waals surface area contributed by atoms with Gasteiger partial charge in [-0.3, -0.25) is 4.79 Å². The Balaban J connectivity index is 2.46. The standard InChI is InChI=1S/C14H24F3NO2/c1-3-13(4-2,12(19)20)9-18-11-7-5-10(6-8-11)14(15,16)17/h10-11,18H,3-9H2,1-2H3,(H,19,20). The Bertz CT molecular complexity index is 319. The molecule has 0 aromatic rings. The summed E-state index contributed by atoms with van der Waals surface area (Å²) in [6, 6.07) is 0.00502. The third kappa shape index (κ3) is 4.11. The normalized spacial score (nSPS) is 24.6. The van der Waals surface area contributed by atoms with Crippen molar-refractivity contribution in [2.75, 3.05) is 6.54 Å². The van der Waals surface area contributed by atoms with Gasteiger partial charge in [0.1, 0.15) is 0 Å². The molecule has 0 aliphatic heterocycles. The Hall–Kier alpha value is -0.780. The third-order valence-corrected chi connectivity index (χ3v) is 4.73. The highest BCUT2D eigenvalue weighted by molar-refractivity contribution is 5.74. The number of halogens is 3. The van der Waals surface area contributed by atoms with Gasteiger partial charge in [-0.15, -0.1) is 0 Å². The number of hydrogen-bond acceptors (Lipinski definition) is 2. The van der Waals surface area contributed by atoms with E-state index >= 15 is 0 Å². The zero-order valence-corrected chi connectivity index (χ0v) is 12.1. The van der Waals surface area contributed by atoms with E-state index < -0.39 is 23.5 Å². The first-order valence-corrected chi connectivity index (χ1v) is 7.28. The maximum absolute atomic E-state index is 12.6. The second kappa shape index (κ2) is 6.78. The number of hydrogen-bond donors (Lipinski definition) is 2. The number of alkyl halides is 3. The molecule has 6 heteroatoms. The molecule has 0 atom stereocenters. The molecule has 0 radical (unpaired) electrons. The highest BCUT2D eigenvalue weighted by Gasteiger charge is 2.42. The Labute approximate surface area is 117 Å². The summed E-state index contributed by atoms with van der Waals surface area (Å²) < 4.78 is 37.7. The monoisotopic (exact) mass is 295 g/mol. The van der Waals surface area contributed by atoms with Crippen LogP contribution in [0.2, 0.25) is 0 Å². The van der Waals surface area contributed by atoms with E-state index in [0.29, 0.717) is 32.2 Å². The summed E-state index contributed by atoms with van der Waals surface area (Å²) in [5, 5.41) is 12.5. The van der Waals surface area contributed by atoms with Gasteiger partial charge in [0.05, 0.1) is 11.3 Å². The topological polar surface area (TPSA) is 49.3 Å². The zero-order valence-electron chi connectivity index (χ0n) is 12.1. The van der Waals surface area contributed by atoms with Crippen molar-refractivity contribution < 1.29 is 23.1 Å². The molecule has 0 aromatic heterocycles. The molecule has 118 valence electrons. The van der Waals surface area contributed by atoms with Crippen molar-refractivity contribution >= 4 is 5.97 Å². The van der Waals surface area contributed by atoms with Crippen molar-refractivity contribution in [3.8, 4) is 0 Å². The van der Waals surface area contributed by atoms with Crippen LogP contribution < -0.4 is 5.32 Å². The molecule has 0 saturated heterocycles. The molecule has 2 N–H and O–H groups in total. The van der Waals surface area contributed by atoms with Gasteiger partial charge in [-0.1, -0.05) is 13.8 Å². The number of carboxylic acid groups (broad SMARTS) is 1. The first kappa shape index (κ1) is 17.3. The molecular formula is C14H24F3NO2. The van der Waals surface area contributed by atoms with E-state index in [-0.39, 0.29) is 18.9 Å². The quantitative estimate of drug-likeness (QED) is 0.787. The van der Waals surface area contributed by atoms with Crippen molar-refractivity contribution in [2.45, 2.75) is 64.6 Å². The third-order valence-electron chi connectivity index (χ3n) is 4.73. The lowest BCUT2D eigenvalue weighted by Crippen LogP contribution is -2.45. The fourth-order valence-corrected chi connectivity index (χ4v) is 2.84. The molecule has 1 fully saturated rings. The second-order valence-electron chi connectivity index (χ2n) is 5.76. The van der Waals surface area contributed by atoms with E-state index in [4.69, 9.17) is 0 Å². The van der Waals surface area contributed by atoms with Crippen LogP contribution in [0.15, 0.2) is 0 Å². The van der Waals surface area contributed by atoms with Crippen LogP contribution in [0, 0.1) is 11.3 Å². The van der Waals surface area contributed by atoms with E-state index in [1.807, 2.05) is 13.8 Å². The molecular weight excluding hydrogens is 271 g/mol. The van der Waals surface area contributed by atoms with Gasteiger partial charge in [0, 0.05) is 12.6 Å². The van der Waals surface area contributed by atoms with Crippen molar-refractivity contribution in [3.63, 3.8) is 0 Å². The van der Waals surface area contributed by atoms with E-state index in [0.717, 1.165) is 0 Å². The largest absolute Gasteiger partial charge is 0.481 e. The van der Waals surface area contributed by atoms with Gasteiger partial charge < -0.3 is 10.4 Å². The van der Waals surface area contributed by atoms with E-state index in [1.165, 1.54) is 0 Å². The van der Waals surface area contributed by atoms with Crippen LogP contribution in [-0.4, -0.2) is 29.8 Å². The molecule has 0 heterocycles. The Morgan fingerprint density at radius 1 is 1.15 bits per heavy atom. The first-order valence-electron chi connectivity index (χ1n) is 7.28. The SMILES string of the molecule is CCC(CC)(CNC1CCC(C(F)(F)F)CC1)C(=O)O. The molecule has 0 amide bonds. The number of rotatable bonds is 6. The van der Waals surface area contributed by atoms with Gasteiger partial charge >= 0.3 is 12.1 Å². The lowest BCUT2D eigenvalue weighted by atomic mass is 9.81. The Morgan fingerprint density at radius 2 is 1.65 bits per heavy atom. The summed E-state index contributed by atoms with van der Waals surface area (Å²) in [5.74, 6) is -2.03. The molecule has 0 bridgehead atoms. The minimum Gasteiger partial charge on any atom is -0.481 e. The maximum Gasteiger partial charge on any atom is 0.391 e. The van der Waals surface area contributed by atoms with E-state index in [9.17, 15) is 23.1 Å². The fourth-order valence-electron chi connectivity index (χ4n) is 2.84. The number of aliphatic carboxylic acids is 1. The summed E-state index contributed by atoms with van der Waals surface area (Å²) >= 11 is 0. The molecule has 1 aliphatic rings. The molecule has 20 heavy (non-hydrogen) atoms. The van der Waals surface area contributed by atoms with Crippen LogP contribution in [-0.2, 0) is 4.79 Å². The molecule has 1 saturated carbocycles. The molecule has 0 spiro atoms. The van der Waals surface area contributed by atoms with Gasteiger partial charge in [0.25, 0.3) is 0 Å². The molecule has 1 aliphatic carbocycles. The lowest BCUT2D eigenvalue weighted by Gasteiger charge is -2.34. The Morgan fingerprint density at radius 3 is 2.00 bits per heavy atom. The predicted molar refractivity (Wildman–Crippen MR) is 70.5 cm³/mol. The van der Waals surface area contributed by atoms with Gasteiger partial charge in [0.2, 0.25) is 0 Å². The predicted octanol–water partition coefficient (Wildman–Crippen LogP) is 3.59. The lowest BCUT2D eigenvalue weighted by molar-refractivity contribution is -0.182. The van der Waals surface area contributed by atoms with Crippen LogP contribution in [0.5, 0.6) is 0 Å². The summed E-state index contributed by atoms with van der Waals surface area (Å²) in [6.45, 7) is 4.00. The average Bonchev–Trinajstić information content (AvgIpc) is 2.39. The van der Waals surface area contributed by atoms with Crippen molar-refractivity contribution in [3.05, 3.63) is 0 Å². The van der Waals surface area contributed by atoms with Gasteiger partial charge in [-0.2, -0.15) is 13.2 Å². The highest BCUT2D eigenvalue weighted by atomic mass is 19.4. The molecule has 1 rings (SSSR count). The minimum absolute atomic E-state index is 0.00502. The summed E-state index contributed by atoms with van der Waals surface area (Å²) in [4.78, 5) is 11.4. The average molecular weight is 295 g/mol. The van der Waals surface area contributed by atoms with E-state index in [1.54, 1.807) is 0 Å². The second-order valence-corrected chi connectivity index (χ2v) is 5.76. The molecule has 0 aromatic carbocycles. The van der Waals surface area contributed by atoms with Crippen LogP contribution >= 0.6 is 0 Å². The van der Waals surface area contributed by atoms with Crippen molar-refractivity contribution in [2.24, 2.45) is 11.3 Å². The van der Waals surface area contributed by atoms with Crippen molar-refractivity contribution in [1.29, 1.82) is 0 Å². The smallest absolute Gasteiger partial charge is 0.391 e. The number of carboxylic acids is 1. The highest BCUT2D eigenvalue weighted by Crippen LogP contribution is 2.37. The van der Waals surface area contributed by atoms with Crippen LogP contribution in [0.4, 0.5) is 13.2 Å². The number of carbonyl (C=O) groups is 1. The van der Waals surface area contributed by atoms with Gasteiger partial charge in [0.15, 0.2) is 0 Å².